The maximum Gasteiger partial charge on any atom is 0.324 e. The molecule has 128 heavy (non-hydrogen) atoms. The molecule has 0 amide bonds. The number of nitrogens with two attached hydrogens (primary N) is 2. The molecule has 8 fully saturated rings. The number of rotatable bonds is 16. The lowest BCUT2D eigenvalue weighted by atomic mass is 9.81. The molecule has 15 heterocycles. The van der Waals surface area contributed by atoms with Crippen LogP contribution in [0.2, 0.25) is 0 Å². The van der Waals surface area contributed by atoms with Crippen LogP contribution in [0.1, 0.15) is 101 Å². The number of morpholine rings is 1. The van der Waals surface area contributed by atoms with Crippen LogP contribution in [0.4, 0.5) is 63.6 Å². The zero-order chi connectivity index (χ0) is 88.2. The van der Waals surface area contributed by atoms with Gasteiger partial charge in [0, 0.05) is 197 Å². The summed E-state index contributed by atoms with van der Waals surface area (Å²) in [6.45, 7) is 19.4. The van der Waals surface area contributed by atoms with Crippen LogP contribution in [0.25, 0.3) is 44.5 Å². The summed E-state index contributed by atoms with van der Waals surface area (Å²) in [5.41, 5.74) is 33.7. The number of hydrogen-bond acceptors (Lipinski definition) is 29. The van der Waals surface area contributed by atoms with Crippen LogP contribution in [-0.2, 0) is 30.4 Å². The van der Waals surface area contributed by atoms with E-state index in [2.05, 4.69) is 85.3 Å². The monoisotopic (exact) mass is 1730 g/mol. The first-order valence-electron chi connectivity index (χ1n) is 43.7. The first-order chi connectivity index (χ1) is 62.0. The molecule has 10 N–H and O–H groups in total. The number of hydrogen-bond donors (Lipinski definition) is 8. The van der Waals surface area contributed by atoms with E-state index in [1.54, 1.807) is 76.3 Å². The molecule has 2 bridgehead atoms. The summed E-state index contributed by atoms with van der Waals surface area (Å²) in [6.07, 6.45) is 12.2. The summed E-state index contributed by atoms with van der Waals surface area (Å²) in [7, 11) is 7.22. The van der Waals surface area contributed by atoms with Crippen LogP contribution >= 0.6 is 0 Å². The van der Waals surface area contributed by atoms with E-state index in [-0.39, 0.29) is 83.2 Å². The fourth-order valence-electron chi connectivity index (χ4n) is 20.2. The van der Waals surface area contributed by atoms with Gasteiger partial charge in [0.1, 0.15) is 69.5 Å². The van der Waals surface area contributed by atoms with E-state index in [1.807, 2.05) is 83.3 Å². The molecule has 7 aliphatic heterocycles. The number of aromatic nitrogens is 12. The van der Waals surface area contributed by atoms with Gasteiger partial charge in [-0.3, -0.25) is 19.9 Å². The molecule has 12 aromatic rings. The zero-order valence-electron chi connectivity index (χ0n) is 72.8. The Balaban J connectivity index is 0.000000107. The summed E-state index contributed by atoms with van der Waals surface area (Å²) in [5, 5.41) is 19.7. The number of nitrogens with one attached hydrogen (secondary N) is 6. The third-order valence-corrected chi connectivity index (χ3v) is 26.6. The Morgan fingerprint density at radius 3 is 1.19 bits per heavy atom. The van der Waals surface area contributed by atoms with Gasteiger partial charge in [0.2, 0.25) is 0 Å². The minimum absolute atomic E-state index is 0.0548. The molecule has 12 aliphatic rings. The van der Waals surface area contributed by atoms with E-state index >= 15 is 0 Å². The number of pyridine rings is 4. The largest absolute Gasteiger partial charge is 0.423 e. The van der Waals surface area contributed by atoms with Crippen LogP contribution in [-0.4, -0.2) is 189 Å². The Morgan fingerprint density at radius 1 is 0.453 bits per heavy atom. The number of anilines is 8. The smallest absolute Gasteiger partial charge is 0.324 e. The third kappa shape index (κ3) is 15.7. The molecule has 9 atom stereocenters. The lowest BCUT2D eigenvalue weighted by Crippen LogP contribution is -2.49. The van der Waals surface area contributed by atoms with Crippen molar-refractivity contribution in [1.29, 1.82) is 0 Å². The van der Waals surface area contributed by atoms with Gasteiger partial charge in [-0.1, -0.05) is 0 Å². The Hall–Kier alpha value is -13.1. The van der Waals surface area contributed by atoms with Crippen molar-refractivity contribution in [3.8, 4) is 91.5 Å². The second-order valence-corrected chi connectivity index (χ2v) is 35.1. The summed E-state index contributed by atoms with van der Waals surface area (Å²) in [4.78, 5) is 64.3. The van der Waals surface area contributed by atoms with E-state index in [4.69, 9.17) is 75.0 Å². The fourth-order valence-corrected chi connectivity index (χ4v) is 20.2. The normalized spacial score (nSPS) is 21.4. The topological polar surface area (TPSA) is 338 Å². The van der Waals surface area contributed by atoms with E-state index in [1.165, 1.54) is 18.2 Å². The highest BCUT2D eigenvalue weighted by Gasteiger charge is 2.53. The van der Waals surface area contributed by atoms with Crippen LogP contribution in [0.5, 0.6) is 47.0 Å². The Labute approximate surface area is 738 Å². The Bertz CT molecular complexity index is 6150. The fraction of sp³-hybridized carbons (Fsp3) is 0.368. The third-order valence-electron chi connectivity index (χ3n) is 26.6. The lowest BCUT2D eigenvalue weighted by Gasteiger charge is -2.34. The summed E-state index contributed by atoms with van der Waals surface area (Å²) in [6, 6.07) is 29.4. The van der Waals surface area contributed by atoms with Crippen LogP contribution in [0.15, 0.2) is 122 Å². The van der Waals surface area contributed by atoms with Crippen molar-refractivity contribution >= 4 is 46.0 Å². The van der Waals surface area contributed by atoms with Crippen molar-refractivity contribution in [1.82, 2.24) is 70.4 Å². The van der Waals surface area contributed by atoms with Crippen LogP contribution in [0, 0.1) is 62.8 Å². The van der Waals surface area contributed by atoms with Gasteiger partial charge in [-0.2, -0.15) is 39.9 Å². The molecule has 24 rings (SSSR count). The standard InChI is InChI=1S/C25H27FN6O.C24H25FN6O2.C23H23FN6O.C23H25FN6O/c1-14-4-5-17(11-28-14)33-24-30-21-10-18-19(8-16(26)9-20(18)27-3)22(21)23(31-24)32-12-15-6-7-29-25(15,2)13-32;1-13-3-4-15(10-28-13)33-24-29-19-9-16-17(7-14(25)8-18(16)26-2)22(19)23(30-24)31-11-20-21(12-31)32-6-5-27-20;1-11-3-4-14(9-27-11)31-23-28-18-8-15-16(6-13(24)7-17(15)26-2)20(18)22(29-23)30-10-12-5-19(30)21(12)25;1-12-4-5-16(10-27-12)31-23-28-20-9-17-18(7-14(24)8-19(17)26-3)21(20)22(29-23)30-11-15(25)6-13(30)2/h4-5,8-9,11,15,27,29H,6-7,10,12-13H2,1-3H3;3-4,7-8,10,20-21,26-27H,5-6,9,11-12H2,1-2H3;3-4,6-7,9,12,19,21,26H,5,8,10,25H2,1-2H3;4-5,7-8,10,13,15,26H,6,9,11,25H2,1-3H3/t;20-,21+;;13-,15-/m.0.1/s1. The zero-order valence-corrected chi connectivity index (χ0v) is 72.8. The summed E-state index contributed by atoms with van der Waals surface area (Å²) in [5.74, 6) is 5.31. The van der Waals surface area contributed by atoms with E-state index in [0.717, 1.165) is 217 Å². The molecule has 0 spiro atoms. The van der Waals surface area contributed by atoms with E-state index < -0.39 is 0 Å². The van der Waals surface area contributed by atoms with Crippen molar-refractivity contribution < 1.29 is 41.2 Å². The summed E-state index contributed by atoms with van der Waals surface area (Å²) < 4.78 is 87.8. The lowest BCUT2D eigenvalue weighted by molar-refractivity contribution is 0.0212. The van der Waals surface area contributed by atoms with E-state index in [9.17, 15) is 17.6 Å². The molecule has 5 unspecified atom stereocenters. The SMILES string of the molecule is CNc1cc(F)cc2c1Cc1nc(Oc3ccc(C)nc3)nc(N3CC4CC3C4N)c1-2.CNc1cc(F)cc2c1Cc1nc(Oc3ccc(C)nc3)nc(N3CC4CCNC4(C)C3)c1-2.CNc1cc(F)cc2c1Cc1nc(Oc3ccc(C)nc3)nc(N3C[C@@H]4NCCO[C@@H]4C3)c1-2.CNc1cc(F)cc2c1Cc1nc(Oc3ccc(C)nc3)nc(N3C[C@H](N)C[C@H]3C)c1-2. The molecule has 33 heteroatoms. The van der Waals surface area contributed by atoms with Crippen molar-refractivity contribution in [3.05, 3.63) is 213 Å². The Kier molecular flexibility index (Phi) is 21.8. The van der Waals surface area contributed by atoms with Gasteiger partial charge in [0.15, 0.2) is 0 Å². The average Bonchev–Trinajstić information content (AvgIpc) is 1.56. The molecule has 7 saturated heterocycles. The van der Waals surface area contributed by atoms with Crippen LogP contribution in [0.3, 0.4) is 0 Å². The Morgan fingerprint density at radius 2 is 0.844 bits per heavy atom. The number of ether oxygens (including phenoxy) is 5. The van der Waals surface area contributed by atoms with Gasteiger partial charge >= 0.3 is 24.0 Å². The molecule has 5 aliphatic carbocycles. The number of aryl methyl sites for hydroxylation is 4. The van der Waals surface area contributed by atoms with Crippen molar-refractivity contribution in [3.63, 3.8) is 0 Å². The molecular formula is C95H100F4N24O5. The van der Waals surface area contributed by atoms with Gasteiger partial charge in [-0.15, -0.1) is 0 Å². The maximum atomic E-state index is 14.5. The first kappa shape index (κ1) is 83.2. The van der Waals surface area contributed by atoms with Crippen molar-refractivity contribution in [2.75, 3.05) is 128 Å². The van der Waals surface area contributed by atoms with Gasteiger partial charge < -0.3 is 86.7 Å². The quantitative estimate of drug-likeness (QED) is 0.0417. The van der Waals surface area contributed by atoms with Gasteiger partial charge in [-0.05, 0) is 221 Å². The molecule has 658 valence electrons. The van der Waals surface area contributed by atoms with Gasteiger partial charge in [-0.25, -0.2) is 17.6 Å². The molecule has 1 saturated carbocycles. The number of nitrogens with zero attached hydrogens (tertiary/aromatic N) is 16. The van der Waals surface area contributed by atoms with Crippen molar-refractivity contribution in [2.24, 2.45) is 23.3 Å². The highest BCUT2D eigenvalue weighted by atomic mass is 19.1. The average molecular weight is 1730 g/mol. The second kappa shape index (κ2) is 33.6. The van der Waals surface area contributed by atoms with Crippen molar-refractivity contribution in [2.45, 2.75) is 128 Å². The molecule has 4 aromatic carbocycles. The predicted octanol–water partition coefficient (Wildman–Crippen LogP) is 13.7. The minimum Gasteiger partial charge on any atom is -0.423 e. The molecule has 8 aromatic heterocycles. The van der Waals surface area contributed by atoms with Crippen LogP contribution < -0.4 is 81.9 Å². The molecular weight excluding hydrogens is 1630 g/mol. The molecule has 0 radical (unpaired) electrons. The second-order valence-electron chi connectivity index (χ2n) is 35.1. The number of benzene rings is 4. The van der Waals surface area contributed by atoms with Gasteiger partial charge in [0.05, 0.1) is 66.3 Å². The van der Waals surface area contributed by atoms with Gasteiger partial charge in [0.25, 0.3) is 0 Å². The first-order valence-corrected chi connectivity index (χ1v) is 43.7. The summed E-state index contributed by atoms with van der Waals surface area (Å²) >= 11 is 0. The van der Waals surface area contributed by atoms with E-state index in [0.29, 0.717) is 86.2 Å². The maximum absolute atomic E-state index is 14.5. The minimum atomic E-state index is -0.292. The number of halogens is 4. The molecule has 29 nitrogen and oxygen atoms in total. The number of fused-ring (bicyclic) bond motifs is 15. The highest BCUT2D eigenvalue weighted by Crippen LogP contribution is 2.54. The predicted molar refractivity (Wildman–Crippen MR) is 482 cm³/mol. The highest BCUT2D eigenvalue weighted by molar-refractivity contribution is 5.92.